The highest BCUT2D eigenvalue weighted by molar-refractivity contribution is 5.98. The van der Waals surface area contributed by atoms with E-state index in [9.17, 15) is 19.2 Å². The third kappa shape index (κ3) is 7.12. The summed E-state index contributed by atoms with van der Waals surface area (Å²) in [6.07, 6.45) is 3.82. The Morgan fingerprint density at radius 2 is 1.85 bits per heavy atom. The van der Waals surface area contributed by atoms with E-state index in [0.29, 0.717) is 54.5 Å². The maximum absolute atomic E-state index is 15.1. The second-order valence-electron chi connectivity index (χ2n) is 11.2. The van der Waals surface area contributed by atoms with Crippen LogP contribution in [0.2, 0.25) is 0 Å². The van der Waals surface area contributed by atoms with Crippen molar-refractivity contribution in [3.8, 4) is 22.9 Å². The number of piperidine rings is 2. The summed E-state index contributed by atoms with van der Waals surface area (Å²) in [4.78, 5) is 28.3. The Hall–Kier alpha value is -3.51. The van der Waals surface area contributed by atoms with Crippen LogP contribution in [0.15, 0.2) is 36.4 Å². The van der Waals surface area contributed by atoms with Gasteiger partial charge in [0.2, 0.25) is 5.91 Å². The zero-order valence-electron chi connectivity index (χ0n) is 22.6. The van der Waals surface area contributed by atoms with Crippen LogP contribution in [-0.4, -0.2) is 66.1 Å². The Balaban J connectivity index is 1.41. The number of likely N-dealkylation sites (tertiary alicyclic amines) is 2. The van der Waals surface area contributed by atoms with Crippen molar-refractivity contribution in [2.24, 2.45) is 11.7 Å². The molecule has 2 fully saturated rings. The lowest BCUT2D eigenvalue weighted by Crippen LogP contribution is -2.50. The second-order valence-corrected chi connectivity index (χ2v) is 11.2. The van der Waals surface area contributed by atoms with Gasteiger partial charge < -0.3 is 20.3 Å². The number of benzene rings is 2. The summed E-state index contributed by atoms with van der Waals surface area (Å²) in [6, 6.07) is 10.7. The molecule has 0 saturated carbocycles. The van der Waals surface area contributed by atoms with Gasteiger partial charge >= 0.3 is 0 Å². The van der Waals surface area contributed by atoms with Crippen LogP contribution in [0.5, 0.6) is 5.75 Å². The van der Waals surface area contributed by atoms with Gasteiger partial charge in [0.15, 0.2) is 0 Å². The molecule has 2 aromatic carbocycles. The molecule has 39 heavy (non-hydrogen) atoms. The summed E-state index contributed by atoms with van der Waals surface area (Å²) in [6.45, 7) is 6.13. The molecule has 7 nitrogen and oxygen atoms in total. The number of amides is 2. The topological polar surface area (TPSA) is 99.7 Å². The molecule has 2 amide bonds. The SMILES string of the molecule is CC(C)(F)CN1CCC(COc2ccc(-c3ccc(C(=O)N4CCCC[C@@H]4C(N)=O)c(F)c3)c(C#N)c2)CC1. The summed E-state index contributed by atoms with van der Waals surface area (Å²) >= 11 is 0. The van der Waals surface area contributed by atoms with Gasteiger partial charge in [0, 0.05) is 13.1 Å². The number of nitriles is 1. The molecule has 2 heterocycles. The summed E-state index contributed by atoms with van der Waals surface area (Å²) < 4.78 is 35.0. The maximum Gasteiger partial charge on any atom is 0.257 e. The minimum absolute atomic E-state index is 0.133. The van der Waals surface area contributed by atoms with Gasteiger partial charge in [0.1, 0.15) is 23.3 Å². The lowest BCUT2D eigenvalue weighted by molar-refractivity contribution is -0.123. The van der Waals surface area contributed by atoms with Crippen LogP contribution in [0, 0.1) is 23.1 Å². The van der Waals surface area contributed by atoms with Crippen LogP contribution in [0.25, 0.3) is 11.1 Å². The van der Waals surface area contributed by atoms with Gasteiger partial charge in [-0.3, -0.25) is 9.59 Å². The van der Waals surface area contributed by atoms with Crippen molar-refractivity contribution in [1.29, 1.82) is 5.26 Å². The van der Waals surface area contributed by atoms with Crippen molar-refractivity contribution in [1.82, 2.24) is 9.80 Å². The first-order chi connectivity index (χ1) is 18.6. The monoisotopic (exact) mass is 538 g/mol. The molecule has 9 heteroatoms. The van der Waals surface area contributed by atoms with Crippen molar-refractivity contribution in [3.63, 3.8) is 0 Å². The quantitative estimate of drug-likeness (QED) is 0.526. The van der Waals surface area contributed by atoms with Crippen molar-refractivity contribution >= 4 is 11.8 Å². The van der Waals surface area contributed by atoms with E-state index < -0.39 is 29.3 Å². The molecule has 1 atom stereocenters. The molecule has 208 valence electrons. The largest absolute Gasteiger partial charge is 0.493 e. The molecule has 0 aromatic heterocycles. The molecule has 0 unspecified atom stereocenters. The minimum atomic E-state index is -1.21. The Morgan fingerprint density at radius 3 is 2.49 bits per heavy atom. The number of alkyl halides is 1. The Kier molecular flexibility index (Phi) is 8.86. The molecule has 2 aliphatic rings. The molecule has 0 spiro atoms. The number of nitrogens with zero attached hydrogens (tertiary/aromatic N) is 3. The Morgan fingerprint density at radius 1 is 1.10 bits per heavy atom. The van der Waals surface area contributed by atoms with E-state index in [1.807, 2.05) is 0 Å². The zero-order valence-corrected chi connectivity index (χ0v) is 22.6. The number of hydrogen-bond acceptors (Lipinski definition) is 5. The van der Waals surface area contributed by atoms with Crippen LogP contribution in [-0.2, 0) is 4.79 Å². The first-order valence-corrected chi connectivity index (χ1v) is 13.5. The van der Waals surface area contributed by atoms with Gasteiger partial charge in [-0.2, -0.15) is 5.26 Å². The molecular formula is C30H36F2N4O3. The molecule has 0 bridgehead atoms. The fourth-order valence-corrected chi connectivity index (χ4v) is 5.50. The molecule has 2 N–H and O–H groups in total. The van der Waals surface area contributed by atoms with E-state index in [1.165, 1.54) is 17.0 Å². The van der Waals surface area contributed by atoms with Crippen molar-refractivity contribution in [2.75, 3.05) is 32.8 Å². The van der Waals surface area contributed by atoms with E-state index in [1.54, 1.807) is 38.1 Å². The molecule has 0 aliphatic carbocycles. The third-order valence-electron chi connectivity index (χ3n) is 7.51. The van der Waals surface area contributed by atoms with Crippen LogP contribution in [0.3, 0.4) is 0 Å². The highest BCUT2D eigenvalue weighted by Crippen LogP contribution is 2.30. The highest BCUT2D eigenvalue weighted by atomic mass is 19.1. The van der Waals surface area contributed by atoms with Crippen molar-refractivity contribution in [2.45, 2.75) is 57.7 Å². The highest BCUT2D eigenvalue weighted by Gasteiger charge is 2.32. The predicted octanol–water partition coefficient (Wildman–Crippen LogP) is 4.68. The van der Waals surface area contributed by atoms with Gasteiger partial charge in [-0.25, -0.2) is 8.78 Å². The van der Waals surface area contributed by atoms with Crippen molar-refractivity contribution < 1.29 is 23.1 Å². The molecule has 2 aliphatic heterocycles. The summed E-state index contributed by atoms with van der Waals surface area (Å²) in [7, 11) is 0. The normalized spacial score (nSPS) is 18.9. The number of ether oxygens (including phenoxy) is 1. The third-order valence-corrected chi connectivity index (χ3v) is 7.51. The Labute approximate surface area is 228 Å². The molecule has 2 saturated heterocycles. The summed E-state index contributed by atoms with van der Waals surface area (Å²) in [5.41, 5.74) is 5.43. The first-order valence-electron chi connectivity index (χ1n) is 13.5. The van der Waals surface area contributed by atoms with E-state index in [4.69, 9.17) is 10.5 Å². The summed E-state index contributed by atoms with van der Waals surface area (Å²) in [5.74, 6) is -0.976. The van der Waals surface area contributed by atoms with Crippen LogP contribution in [0.4, 0.5) is 8.78 Å². The van der Waals surface area contributed by atoms with E-state index in [2.05, 4.69) is 11.0 Å². The smallest absolute Gasteiger partial charge is 0.257 e. The fraction of sp³-hybridized carbons (Fsp3) is 0.500. The van der Waals surface area contributed by atoms with Crippen LogP contribution in [0.1, 0.15) is 61.9 Å². The number of hydrogen-bond donors (Lipinski definition) is 1. The fourth-order valence-electron chi connectivity index (χ4n) is 5.50. The van der Waals surface area contributed by atoms with E-state index in [0.717, 1.165) is 38.8 Å². The average Bonchev–Trinajstić information content (AvgIpc) is 2.91. The van der Waals surface area contributed by atoms with Crippen LogP contribution < -0.4 is 10.5 Å². The summed E-state index contributed by atoms with van der Waals surface area (Å²) in [5, 5.41) is 9.77. The number of halogens is 2. The van der Waals surface area contributed by atoms with Crippen LogP contribution >= 0.6 is 0 Å². The van der Waals surface area contributed by atoms with Gasteiger partial charge in [-0.15, -0.1) is 0 Å². The number of nitrogens with two attached hydrogens (primary N) is 1. The lowest BCUT2D eigenvalue weighted by atomic mass is 9.96. The maximum atomic E-state index is 15.1. The Bertz CT molecular complexity index is 1250. The second kappa shape index (κ2) is 12.1. The molecular weight excluding hydrogens is 502 g/mol. The molecule has 0 radical (unpaired) electrons. The average molecular weight is 539 g/mol. The number of carbonyl (C=O) groups excluding carboxylic acids is 2. The van der Waals surface area contributed by atoms with Gasteiger partial charge in [-0.05, 0) is 106 Å². The van der Waals surface area contributed by atoms with E-state index >= 15 is 4.39 Å². The van der Waals surface area contributed by atoms with Gasteiger partial charge in [0.25, 0.3) is 5.91 Å². The number of carbonyl (C=O) groups is 2. The lowest BCUT2D eigenvalue weighted by Gasteiger charge is -2.34. The molecule has 4 rings (SSSR count). The van der Waals surface area contributed by atoms with Gasteiger partial charge in [-0.1, -0.05) is 6.07 Å². The zero-order chi connectivity index (χ0) is 28.2. The van der Waals surface area contributed by atoms with E-state index in [-0.39, 0.29) is 5.56 Å². The first kappa shape index (κ1) is 28.5. The number of primary amides is 1. The standard InChI is InChI=1S/C30H36F2N4O3/c1-30(2,32)19-35-13-10-20(11-14-35)18-39-23-7-9-24(22(15-23)17-33)21-6-8-25(26(31)16-21)29(38)36-12-4-3-5-27(36)28(34)37/h6-9,15-16,20,27H,3-5,10-14,18-19H2,1-2H3,(H2,34,37)/t27-/m1/s1. The number of rotatable bonds is 8. The predicted molar refractivity (Wildman–Crippen MR) is 144 cm³/mol. The van der Waals surface area contributed by atoms with Crippen molar-refractivity contribution in [3.05, 3.63) is 53.3 Å². The van der Waals surface area contributed by atoms with Gasteiger partial charge in [0.05, 0.1) is 23.8 Å². The minimum Gasteiger partial charge on any atom is -0.493 e. The molecule has 2 aromatic rings.